The fraction of sp³-hybridized carbons (Fsp3) is 0.129. The van der Waals surface area contributed by atoms with E-state index in [1.807, 2.05) is 135 Å². The maximum atomic E-state index is 10.1. The summed E-state index contributed by atoms with van der Waals surface area (Å²) in [5.74, 6) is 0.354. The highest BCUT2D eigenvalue weighted by atomic mass is 16.3. The molecular weight excluding hydrogens is 542 g/mol. The Labute approximate surface area is 249 Å². The predicted molar refractivity (Wildman–Crippen MR) is 171 cm³/mol. The topological polar surface area (TPSA) is 139 Å². The quantitative estimate of drug-likeness (QED) is 0.143. The summed E-state index contributed by atoms with van der Waals surface area (Å²) in [7, 11) is 7.96. The Kier molecular flexibility index (Phi) is 8.76. The predicted octanol–water partition coefficient (Wildman–Crippen LogP) is 8.03. The fourth-order valence-electron chi connectivity index (χ4n) is 3.82. The van der Waals surface area contributed by atoms with Gasteiger partial charge in [0.2, 0.25) is 11.9 Å². The Morgan fingerprint density at radius 2 is 0.767 bits per heavy atom. The first-order valence-electron chi connectivity index (χ1n) is 13.4. The molecule has 4 aromatic carbocycles. The third-order valence-corrected chi connectivity index (χ3v) is 6.16. The van der Waals surface area contributed by atoms with Crippen molar-refractivity contribution in [2.75, 3.05) is 48.6 Å². The Hall–Kier alpha value is -5.91. The minimum absolute atomic E-state index is 0.177. The standard InChI is InChI=1S/C31H31N11O/c1-41(2)27-17-13-25(14-18-27)39-37-23-9-5-21(6-10-23)32-29-34-30(36-31(43)35-29)33-22-7-11-24(12-8-22)38-40-26-15-19-28(20-16-26)42(3)4/h5-20H,1-4H3,(H3,32,33,34,35,36,43)/b39-37+,40-38+. The Balaban J connectivity index is 1.19. The number of azo groups is 2. The zero-order valence-corrected chi connectivity index (χ0v) is 24.2. The molecule has 0 fully saturated rings. The largest absolute Gasteiger partial charge is 0.479 e. The smallest absolute Gasteiger partial charge is 0.320 e. The molecule has 0 aliphatic heterocycles. The number of hydrogen-bond donors (Lipinski definition) is 3. The van der Waals surface area contributed by atoms with Crippen molar-refractivity contribution in [3.8, 4) is 6.01 Å². The minimum atomic E-state index is -0.420. The molecule has 1 aromatic heterocycles. The molecule has 216 valence electrons. The molecule has 5 aromatic rings. The summed E-state index contributed by atoms with van der Waals surface area (Å²) in [4.78, 5) is 16.4. The number of nitrogens with zero attached hydrogens (tertiary/aromatic N) is 9. The van der Waals surface area contributed by atoms with E-state index in [2.05, 4.69) is 46.0 Å². The van der Waals surface area contributed by atoms with E-state index in [9.17, 15) is 5.11 Å². The zero-order chi connectivity index (χ0) is 30.2. The maximum Gasteiger partial charge on any atom is 0.320 e. The fourth-order valence-corrected chi connectivity index (χ4v) is 3.82. The van der Waals surface area contributed by atoms with Gasteiger partial charge in [0.15, 0.2) is 0 Å². The lowest BCUT2D eigenvalue weighted by Crippen LogP contribution is -2.07. The van der Waals surface area contributed by atoms with Gasteiger partial charge in [0.05, 0.1) is 22.7 Å². The van der Waals surface area contributed by atoms with Gasteiger partial charge in [-0.05, 0) is 97.1 Å². The minimum Gasteiger partial charge on any atom is -0.479 e. The SMILES string of the molecule is CN(C)c1ccc(/N=N/c2ccc(Nc3nc(O)nc(Nc4ccc(/N=N/c5ccc(N(C)C)cc5)cc4)n3)cc2)cc1. The van der Waals surface area contributed by atoms with Crippen molar-refractivity contribution in [1.82, 2.24) is 15.0 Å². The van der Waals surface area contributed by atoms with Crippen LogP contribution in [0.5, 0.6) is 6.01 Å². The molecule has 43 heavy (non-hydrogen) atoms. The summed E-state index contributed by atoms with van der Waals surface area (Å²) in [6.45, 7) is 0. The molecule has 1 heterocycles. The molecule has 0 unspecified atom stereocenters. The second-order valence-electron chi connectivity index (χ2n) is 9.85. The molecule has 0 spiro atoms. The monoisotopic (exact) mass is 573 g/mol. The second-order valence-corrected chi connectivity index (χ2v) is 9.85. The first-order valence-corrected chi connectivity index (χ1v) is 13.4. The Bertz CT molecular complexity index is 1570. The van der Waals surface area contributed by atoms with Gasteiger partial charge in [-0.2, -0.15) is 35.4 Å². The molecule has 0 saturated carbocycles. The van der Waals surface area contributed by atoms with E-state index in [4.69, 9.17) is 0 Å². The summed E-state index contributed by atoms with van der Waals surface area (Å²) in [5.41, 5.74) is 6.50. The zero-order valence-electron chi connectivity index (χ0n) is 24.2. The molecule has 5 rings (SSSR count). The number of anilines is 6. The third kappa shape index (κ3) is 8.07. The number of aromatic hydroxyl groups is 1. The average Bonchev–Trinajstić information content (AvgIpc) is 3.00. The van der Waals surface area contributed by atoms with E-state index in [1.54, 1.807) is 0 Å². The molecule has 0 aliphatic carbocycles. The molecule has 0 atom stereocenters. The normalized spacial score (nSPS) is 11.2. The van der Waals surface area contributed by atoms with E-state index < -0.39 is 6.01 Å². The van der Waals surface area contributed by atoms with Crippen molar-refractivity contribution in [1.29, 1.82) is 0 Å². The molecule has 12 heteroatoms. The van der Waals surface area contributed by atoms with Gasteiger partial charge >= 0.3 is 6.01 Å². The van der Waals surface area contributed by atoms with Crippen LogP contribution in [0.1, 0.15) is 0 Å². The van der Waals surface area contributed by atoms with Crippen molar-refractivity contribution in [3.05, 3.63) is 97.1 Å². The van der Waals surface area contributed by atoms with Gasteiger partial charge in [0.1, 0.15) is 0 Å². The number of aromatic nitrogens is 3. The van der Waals surface area contributed by atoms with E-state index in [0.29, 0.717) is 22.7 Å². The number of benzene rings is 4. The van der Waals surface area contributed by atoms with Crippen molar-refractivity contribution in [2.45, 2.75) is 0 Å². The molecule has 12 nitrogen and oxygen atoms in total. The highest BCUT2D eigenvalue weighted by molar-refractivity contribution is 5.61. The summed E-state index contributed by atoms with van der Waals surface area (Å²) in [6, 6.07) is 29.8. The lowest BCUT2D eigenvalue weighted by Gasteiger charge is -2.11. The van der Waals surface area contributed by atoms with Crippen LogP contribution in [0.3, 0.4) is 0 Å². The third-order valence-electron chi connectivity index (χ3n) is 6.16. The first kappa shape index (κ1) is 28.6. The maximum absolute atomic E-state index is 10.1. The van der Waals surface area contributed by atoms with Crippen LogP contribution < -0.4 is 20.4 Å². The van der Waals surface area contributed by atoms with Gasteiger partial charge in [-0.15, -0.1) is 0 Å². The molecule has 0 saturated heterocycles. The van der Waals surface area contributed by atoms with E-state index in [0.717, 1.165) is 22.7 Å². The molecule has 0 bridgehead atoms. The highest BCUT2D eigenvalue weighted by Gasteiger charge is 2.07. The lowest BCUT2D eigenvalue weighted by atomic mass is 10.3. The van der Waals surface area contributed by atoms with Crippen molar-refractivity contribution < 1.29 is 5.11 Å². The molecule has 3 N–H and O–H groups in total. The molecule has 0 aliphatic rings. The van der Waals surface area contributed by atoms with Gasteiger partial charge < -0.3 is 25.5 Å². The van der Waals surface area contributed by atoms with Gasteiger partial charge in [-0.3, -0.25) is 0 Å². The van der Waals surface area contributed by atoms with Crippen LogP contribution in [-0.2, 0) is 0 Å². The summed E-state index contributed by atoms with van der Waals surface area (Å²) >= 11 is 0. The van der Waals surface area contributed by atoms with Crippen LogP contribution in [-0.4, -0.2) is 48.2 Å². The van der Waals surface area contributed by atoms with E-state index in [1.165, 1.54) is 0 Å². The average molecular weight is 574 g/mol. The number of rotatable bonds is 10. The van der Waals surface area contributed by atoms with Crippen LogP contribution in [0.25, 0.3) is 0 Å². The second kappa shape index (κ2) is 13.2. The van der Waals surface area contributed by atoms with Crippen LogP contribution in [0.4, 0.5) is 57.4 Å². The van der Waals surface area contributed by atoms with E-state index >= 15 is 0 Å². The van der Waals surface area contributed by atoms with E-state index in [-0.39, 0.29) is 11.9 Å². The molecular formula is C31H31N11O. The van der Waals surface area contributed by atoms with Gasteiger partial charge in [-0.1, -0.05) is 0 Å². The number of hydrogen-bond acceptors (Lipinski definition) is 12. The number of nitrogens with one attached hydrogen (secondary N) is 2. The van der Waals surface area contributed by atoms with Gasteiger partial charge in [-0.25, -0.2) is 0 Å². The highest BCUT2D eigenvalue weighted by Crippen LogP contribution is 2.26. The van der Waals surface area contributed by atoms with Crippen molar-refractivity contribution >= 4 is 57.4 Å². The van der Waals surface area contributed by atoms with Gasteiger partial charge in [0.25, 0.3) is 0 Å². The Morgan fingerprint density at radius 3 is 1.07 bits per heavy atom. The van der Waals surface area contributed by atoms with Crippen LogP contribution in [0.15, 0.2) is 118 Å². The van der Waals surface area contributed by atoms with Crippen LogP contribution in [0.2, 0.25) is 0 Å². The Morgan fingerprint density at radius 1 is 0.465 bits per heavy atom. The van der Waals surface area contributed by atoms with Crippen molar-refractivity contribution in [2.24, 2.45) is 20.5 Å². The van der Waals surface area contributed by atoms with Gasteiger partial charge in [0, 0.05) is 50.9 Å². The summed E-state index contributed by atoms with van der Waals surface area (Å²) in [5, 5.41) is 33.4. The summed E-state index contributed by atoms with van der Waals surface area (Å²) < 4.78 is 0. The summed E-state index contributed by atoms with van der Waals surface area (Å²) in [6.07, 6.45) is 0. The van der Waals surface area contributed by atoms with Crippen molar-refractivity contribution in [3.63, 3.8) is 0 Å². The first-order chi connectivity index (χ1) is 20.8. The lowest BCUT2D eigenvalue weighted by molar-refractivity contribution is 0.430. The molecule has 0 radical (unpaired) electrons. The molecule has 0 amide bonds. The van der Waals surface area contributed by atoms with Crippen LogP contribution >= 0.6 is 0 Å². The van der Waals surface area contributed by atoms with Crippen LogP contribution in [0, 0.1) is 0 Å².